The maximum atomic E-state index is 11.7. The summed E-state index contributed by atoms with van der Waals surface area (Å²) >= 11 is 0. The van der Waals surface area contributed by atoms with Crippen LogP contribution in [-0.2, 0) is 14.8 Å². The van der Waals surface area contributed by atoms with E-state index in [1.165, 1.54) is 5.56 Å². The number of anilines is 2. The van der Waals surface area contributed by atoms with Crippen molar-refractivity contribution in [3.63, 3.8) is 0 Å². The van der Waals surface area contributed by atoms with E-state index in [0.29, 0.717) is 5.69 Å². The molecule has 0 saturated carbocycles. The zero-order chi connectivity index (χ0) is 17.6. The fourth-order valence-electron chi connectivity index (χ4n) is 2.13. The standard InChI is InChI=1S/C17H21N3O3S/c1-13(14-6-4-3-5-7-14)19-15-8-10-16(11-9-15)20-17(21)12-18-24(2,22)23/h3-11,13,18-19H,12H2,1-2H3,(H,20,21)/t13-/m0/s1. The lowest BCUT2D eigenvalue weighted by molar-refractivity contribution is -0.115. The molecule has 0 aromatic heterocycles. The molecule has 2 aromatic rings. The lowest BCUT2D eigenvalue weighted by Crippen LogP contribution is -2.32. The topological polar surface area (TPSA) is 87.3 Å². The Morgan fingerprint density at radius 3 is 2.17 bits per heavy atom. The fraction of sp³-hybridized carbons (Fsp3) is 0.235. The molecular weight excluding hydrogens is 326 g/mol. The van der Waals surface area contributed by atoms with Gasteiger partial charge in [-0.3, -0.25) is 4.79 Å². The van der Waals surface area contributed by atoms with Crippen LogP contribution in [0.15, 0.2) is 54.6 Å². The molecule has 0 unspecified atom stereocenters. The first-order valence-corrected chi connectivity index (χ1v) is 9.39. The quantitative estimate of drug-likeness (QED) is 0.717. The highest BCUT2D eigenvalue weighted by Gasteiger charge is 2.07. The molecular formula is C17H21N3O3S. The average Bonchev–Trinajstić information content (AvgIpc) is 2.55. The van der Waals surface area contributed by atoms with Crippen LogP contribution >= 0.6 is 0 Å². The van der Waals surface area contributed by atoms with E-state index in [1.807, 2.05) is 30.3 Å². The number of sulfonamides is 1. The summed E-state index contributed by atoms with van der Waals surface area (Å²) in [7, 11) is -3.38. The number of hydrogen-bond acceptors (Lipinski definition) is 4. The average molecular weight is 347 g/mol. The van der Waals surface area contributed by atoms with E-state index >= 15 is 0 Å². The Morgan fingerprint density at radius 1 is 1.00 bits per heavy atom. The van der Waals surface area contributed by atoms with Gasteiger partial charge in [0.1, 0.15) is 0 Å². The van der Waals surface area contributed by atoms with Gasteiger partial charge in [0.2, 0.25) is 15.9 Å². The molecule has 0 spiro atoms. The Kier molecular flexibility index (Phi) is 5.94. The maximum absolute atomic E-state index is 11.7. The minimum Gasteiger partial charge on any atom is -0.379 e. The summed E-state index contributed by atoms with van der Waals surface area (Å²) in [6.45, 7) is 1.78. The lowest BCUT2D eigenvalue weighted by atomic mass is 10.1. The SMILES string of the molecule is C[C@H](Nc1ccc(NC(=O)CNS(C)(=O)=O)cc1)c1ccccc1. The van der Waals surface area contributed by atoms with E-state index in [0.717, 1.165) is 11.9 Å². The first-order chi connectivity index (χ1) is 11.3. The molecule has 0 heterocycles. The Hall–Kier alpha value is -2.38. The van der Waals surface area contributed by atoms with Crippen molar-refractivity contribution in [1.29, 1.82) is 0 Å². The molecule has 3 N–H and O–H groups in total. The summed E-state index contributed by atoms with van der Waals surface area (Å²) in [4.78, 5) is 11.7. The van der Waals surface area contributed by atoms with Gasteiger partial charge in [0, 0.05) is 17.4 Å². The van der Waals surface area contributed by atoms with Crippen LogP contribution in [0.1, 0.15) is 18.5 Å². The van der Waals surface area contributed by atoms with E-state index in [4.69, 9.17) is 0 Å². The highest BCUT2D eigenvalue weighted by molar-refractivity contribution is 7.88. The second-order valence-corrected chi connectivity index (χ2v) is 7.33. The van der Waals surface area contributed by atoms with Crippen LogP contribution in [-0.4, -0.2) is 27.1 Å². The summed E-state index contributed by atoms with van der Waals surface area (Å²) in [5.74, 6) is -0.418. The number of nitrogens with one attached hydrogen (secondary N) is 3. The third kappa shape index (κ3) is 6.02. The van der Waals surface area contributed by atoms with E-state index in [1.54, 1.807) is 12.1 Å². The molecule has 0 aliphatic rings. The first-order valence-electron chi connectivity index (χ1n) is 7.49. The molecule has 0 aliphatic heterocycles. The van der Waals surface area contributed by atoms with Gasteiger partial charge in [0.05, 0.1) is 12.8 Å². The summed E-state index contributed by atoms with van der Waals surface area (Å²) in [6, 6.07) is 17.5. The molecule has 7 heteroatoms. The van der Waals surface area contributed by atoms with Crippen molar-refractivity contribution in [3.05, 3.63) is 60.2 Å². The van der Waals surface area contributed by atoms with Crippen LogP contribution in [0.25, 0.3) is 0 Å². The first kappa shape index (κ1) is 18.0. The molecule has 24 heavy (non-hydrogen) atoms. The van der Waals surface area contributed by atoms with Crippen molar-refractivity contribution in [3.8, 4) is 0 Å². The highest BCUT2D eigenvalue weighted by atomic mass is 32.2. The third-order valence-electron chi connectivity index (χ3n) is 3.35. The largest absolute Gasteiger partial charge is 0.379 e. The van der Waals surface area contributed by atoms with Crippen LogP contribution in [0, 0.1) is 0 Å². The monoisotopic (exact) mass is 347 g/mol. The number of carbonyl (C=O) groups is 1. The second-order valence-electron chi connectivity index (χ2n) is 5.50. The van der Waals surface area contributed by atoms with Crippen LogP contribution in [0.4, 0.5) is 11.4 Å². The van der Waals surface area contributed by atoms with Gasteiger partial charge in [-0.25, -0.2) is 13.1 Å². The van der Waals surface area contributed by atoms with Gasteiger partial charge >= 0.3 is 0 Å². The lowest BCUT2D eigenvalue weighted by Gasteiger charge is -2.16. The smallest absolute Gasteiger partial charge is 0.239 e. The van der Waals surface area contributed by atoms with Crippen molar-refractivity contribution in [2.24, 2.45) is 0 Å². The number of hydrogen-bond donors (Lipinski definition) is 3. The molecule has 0 aliphatic carbocycles. The number of benzene rings is 2. The molecule has 1 atom stereocenters. The summed E-state index contributed by atoms with van der Waals surface area (Å²) in [5.41, 5.74) is 2.72. The molecule has 0 bridgehead atoms. The van der Waals surface area contributed by atoms with Crippen LogP contribution < -0.4 is 15.4 Å². The van der Waals surface area contributed by atoms with Crippen molar-refractivity contribution in [2.45, 2.75) is 13.0 Å². The second kappa shape index (κ2) is 7.94. The Balaban J connectivity index is 1.90. The van der Waals surface area contributed by atoms with Gasteiger partial charge in [-0.2, -0.15) is 0 Å². The van der Waals surface area contributed by atoms with Gasteiger partial charge < -0.3 is 10.6 Å². The van der Waals surface area contributed by atoms with E-state index in [2.05, 4.69) is 34.4 Å². The van der Waals surface area contributed by atoms with E-state index < -0.39 is 15.9 Å². The van der Waals surface area contributed by atoms with E-state index in [9.17, 15) is 13.2 Å². The van der Waals surface area contributed by atoms with Crippen LogP contribution in [0.3, 0.4) is 0 Å². The number of rotatable bonds is 7. The molecule has 0 radical (unpaired) electrons. The van der Waals surface area contributed by atoms with Crippen molar-refractivity contribution >= 4 is 27.3 Å². The highest BCUT2D eigenvalue weighted by Crippen LogP contribution is 2.20. The minimum atomic E-state index is -3.38. The third-order valence-corrected chi connectivity index (χ3v) is 4.02. The Labute approximate surface area is 142 Å². The Morgan fingerprint density at radius 2 is 1.58 bits per heavy atom. The minimum absolute atomic E-state index is 0.158. The van der Waals surface area contributed by atoms with Crippen molar-refractivity contribution in [2.75, 3.05) is 23.4 Å². The van der Waals surface area contributed by atoms with Gasteiger partial charge in [0.25, 0.3) is 0 Å². The summed E-state index contributed by atoms with van der Waals surface area (Å²) < 4.78 is 24.1. The molecule has 6 nitrogen and oxygen atoms in total. The summed E-state index contributed by atoms with van der Waals surface area (Å²) in [6.07, 6.45) is 1.01. The van der Waals surface area contributed by atoms with Crippen molar-refractivity contribution < 1.29 is 13.2 Å². The Bertz CT molecular complexity index is 774. The van der Waals surface area contributed by atoms with E-state index in [-0.39, 0.29) is 12.6 Å². The van der Waals surface area contributed by atoms with Crippen LogP contribution in [0.5, 0.6) is 0 Å². The molecule has 128 valence electrons. The summed E-state index contributed by atoms with van der Waals surface area (Å²) in [5, 5.41) is 6.01. The zero-order valence-corrected chi connectivity index (χ0v) is 14.4. The van der Waals surface area contributed by atoms with Gasteiger partial charge in [0.15, 0.2) is 0 Å². The number of amides is 1. The molecule has 1 amide bonds. The number of carbonyl (C=O) groups excluding carboxylic acids is 1. The van der Waals surface area contributed by atoms with Gasteiger partial charge in [-0.1, -0.05) is 30.3 Å². The van der Waals surface area contributed by atoms with Gasteiger partial charge in [-0.05, 0) is 36.8 Å². The zero-order valence-electron chi connectivity index (χ0n) is 13.6. The molecule has 0 fully saturated rings. The van der Waals surface area contributed by atoms with Crippen LogP contribution in [0.2, 0.25) is 0 Å². The molecule has 2 rings (SSSR count). The molecule has 0 saturated heterocycles. The normalized spacial score (nSPS) is 12.4. The fourth-order valence-corrected chi connectivity index (χ4v) is 2.52. The predicted octanol–water partition coefficient (Wildman–Crippen LogP) is 2.35. The maximum Gasteiger partial charge on any atom is 0.239 e. The predicted molar refractivity (Wildman–Crippen MR) is 96.4 cm³/mol. The molecule has 2 aromatic carbocycles. The van der Waals surface area contributed by atoms with Crippen molar-refractivity contribution in [1.82, 2.24) is 4.72 Å². The van der Waals surface area contributed by atoms with Gasteiger partial charge in [-0.15, -0.1) is 0 Å².